The van der Waals surface area contributed by atoms with Gasteiger partial charge < -0.3 is 11.5 Å². The van der Waals surface area contributed by atoms with Crippen LogP contribution in [0.2, 0.25) is 0 Å². The minimum absolute atomic E-state index is 0.520. The van der Waals surface area contributed by atoms with Crippen LogP contribution in [-0.4, -0.2) is 30.0 Å². The van der Waals surface area contributed by atoms with Crippen LogP contribution in [-0.2, 0) is 7.05 Å². The quantitative estimate of drug-likeness (QED) is 0.634. The van der Waals surface area contributed by atoms with Crippen molar-refractivity contribution in [2.24, 2.45) is 7.05 Å². The van der Waals surface area contributed by atoms with E-state index >= 15 is 0 Å². The molecule has 0 radical (unpaired) electrons. The molecule has 2 heterocycles. The molecule has 0 amide bonds. The smallest absolute Gasteiger partial charge is 0.191 e. The first-order valence-electron chi connectivity index (χ1n) is 5.59. The minimum atomic E-state index is 0.520. The topological polar surface area (TPSA) is 113 Å². The van der Waals surface area contributed by atoms with Gasteiger partial charge in [0.25, 0.3) is 0 Å². The molecule has 0 aliphatic heterocycles. The third-order valence-corrected chi connectivity index (χ3v) is 2.70. The Hall–Kier alpha value is -2.90. The molecule has 1 aromatic carbocycles. The number of tetrazole rings is 1. The van der Waals surface area contributed by atoms with Gasteiger partial charge in [0, 0.05) is 36.2 Å². The highest BCUT2D eigenvalue weighted by molar-refractivity contribution is 5.75. The second kappa shape index (κ2) is 4.09. The minimum Gasteiger partial charge on any atom is -0.399 e. The highest BCUT2D eigenvalue weighted by Gasteiger charge is 2.14. The molecule has 0 atom stereocenters. The number of anilines is 2. The van der Waals surface area contributed by atoms with E-state index in [4.69, 9.17) is 11.5 Å². The maximum Gasteiger partial charge on any atom is 0.191 e. The summed E-state index contributed by atoms with van der Waals surface area (Å²) in [6, 6.07) is 7.03. The molecular formula is C11H12N8. The zero-order chi connectivity index (χ0) is 13.4. The Morgan fingerprint density at radius 3 is 2.68 bits per heavy atom. The molecule has 0 aliphatic carbocycles. The molecule has 0 spiro atoms. The summed E-state index contributed by atoms with van der Waals surface area (Å²) in [5.41, 5.74) is 13.5. The van der Waals surface area contributed by atoms with Crippen LogP contribution in [0.15, 0.2) is 30.5 Å². The molecule has 0 fully saturated rings. The number of nitrogen functional groups attached to an aromatic ring is 2. The maximum absolute atomic E-state index is 5.95. The van der Waals surface area contributed by atoms with E-state index in [1.165, 1.54) is 4.68 Å². The lowest BCUT2D eigenvalue weighted by atomic mass is 10.1. The van der Waals surface area contributed by atoms with E-state index in [0.29, 0.717) is 28.6 Å². The first-order chi connectivity index (χ1) is 9.15. The molecule has 0 saturated carbocycles. The summed E-state index contributed by atoms with van der Waals surface area (Å²) in [4.78, 5) is 0. The number of rotatable bonds is 2. The lowest BCUT2D eigenvalue weighted by Crippen LogP contribution is -2.03. The third-order valence-electron chi connectivity index (χ3n) is 2.70. The normalized spacial score (nSPS) is 10.8. The monoisotopic (exact) mass is 256 g/mol. The van der Waals surface area contributed by atoms with E-state index in [9.17, 15) is 0 Å². The van der Waals surface area contributed by atoms with Gasteiger partial charge in [0.1, 0.15) is 0 Å². The summed E-state index contributed by atoms with van der Waals surface area (Å²) in [6.07, 6.45) is 1.81. The van der Waals surface area contributed by atoms with Crippen molar-refractivity contribution in [2.45, 2.75) is 0 Å². The zero-order valence-electron chi connectivity index (χ0n) is 10.2. The van der Waals surface area contributed by atoms with Gasteiger partial charge >= 0.3 is 0 Å². The molecule has 0 bridgehead atoms. The van der Waals surface area contributed by atoms with Gasteiger partial charge in [0.2, 0.25) is 0 Å². The van der Waals surface area contributed by atoms with Gasteiger partial charge in [-0.05, 0) is 28.6 Å². The highest BCUT2D eigenvalue weighted by Crippen LogP contribution is 2.26. The van der Waals surface area contributed by atoms with Crippen molar-refractivity contribution in [1.29, 1.82) is 0 Å². The van der Waals surface area contributed by atoms with Crippen LogP contribution in [0.25, 0.3) is 17.2 Å². The van der Waals surface area contributed by atoms with E-state index in [2.05, 4.69) is 20.6 Å². The largest absolute Gasteiger partial charge is 0.399 e. The summed E-state index contributed by atoms with van der Waals surface area (Å²) in [7, 11) is 1.82. The number of aromatic nitrogens is 6. The molecule has 3 rings (SSSR count). The summed E-state index contributed by atoms with van der Waals surface area (Å²) in [5.74, 6) is 1.15. The molecule has 8 nitrogen and oxygen atoms in total. The van der Waals surface area contributed by atoms with Crippen LogP contribution < -0.4 is 11.5 Å². The molecule has 19 heavy (non-hydrogen) atoms. The van der Waals surface area contributed by atoms with Gasteiger partial charge in [-0.25, -0.2) is 0 Å². The van der Waals surface area contributed by atoms with E-state index in [1.807, 2.05) is 19.3 Å². The van der Waals surface area contributed by atoms with Gasteiger partial charge in [-0.3, -0.25) is 4.68 Å². The summed E-state index contributed by atoms with van der Waals surface area (Å²) < 4.78 is 3.20. The zero-order valence-corrected chi connectivity index (χ0v) is 10.2. The highest BCUT2D eigenvalue weighted by atomic mass is 15.6. The van der Waals surface area contributed by atoms with Crippen molar-refractivity contribution in [3.63, 3.8) is 0 Å². The van der Waals surface area contributed by atoms with Crippen LogP contribution in [0, 0.1) is 0 Å². The molecule has 0 aliphatic rings. The van der Waals surface area contributed by atoms with Crippen molar-refractivity contribution < 1.29 is 0 Å². The lowest BCUT2D eigenvalue weighted by Gasteiger charge is -2.05. The van der Waals surface area contributed by atoms with Gasteiger partial charge in [0.15, 0.2) is 11.6 Å². The number of aryl methyl sites for hydroxylation is 1. The number of hydrogen-bond acceptors (Lipinski definition) is 6. The average molecular weight is 256 g/mol. The third kappa shape index (κ3) is 1.88. The Kier molecular flexibility index (Phi) is 2.41. The van der Waals surface area contributed by atoms with Crippen LogP contribution in [0.5, 0.6) is 0 Å². The van der Waals surface area contributed by atoms with Crippen LogP contribution in [0.3, 0.4) is 0 Å². The molecule has 4 N–H and O–H groups in total. The molecule has 8 heteroatoms. The fraction of sp³-hybridized carbons (Fsp3) is 0.0909. The van der Waals surface area contributed by atoms with Crippen molar-refractivity contribution >= 4 is 11.4 Å². The van der Waals surface area contributed by atoms with Crippen molar-refractivity contribution in [3.8, 4) is 17.2 Å². The van der Waals surface area contributed by atoms with E-state index in [1.54, 1.807) is 22.9 Å². The van der Waals surface area contributed by atoms with E-state index in [-0.39, 0.29) is 0 Å². The van der Waals surface area contributed by atoms with Crippen LogP contribution in [0.1, 0.15) is 0 Å². The first-order valence-corrected chi connectivity index (χ1v) is 5.59. The Bertz CT molecular complexity index is 726. The summed E-state index contributed by atoms with van der Waals surface area (Å²) in [6.45, 7) is 0. The fourth-order valence-electron chi connectivity index (χ4n) is 1.81. The SMILES string of the molecule is Cn1ccc(-n2nnnc2-c2ccc(N)cc2N)n1. The van der Waals surface area contributed by atoms with E-state index in [0.717, 1.165) is 0 Å². The lowest BCUT2D eigenvalue weighted by molar-refractivity contribution is 0.715. The average Bonchev–Trinajstić information content (AvgIpc) is 2.97. The maximum atomic E-state index is 5.95. The predicted octanol–water partition coefficient (Wildman–Crippen LogP) is 0.227. The Labute approximate surface area is 108 Å². The number of nitrogens with zero attached hydrogens (tertiary/aromatic N) is 6. The van der Waals surface area contributed by atoms with Gasteiger partial charge in [-0.1, -0.05) is 0 Å². The van der Waals surface area contributed by atoms with E-state index < -0.39 is 0 Å². The number of hydrogen-bond donors (Lipinski definition) is 2. The first kappa shape index (κ1) is 11.2. The van der Waals surface area contributed by atoms with Crippen molar-refractivity contribution in [3.05, 3.63) is 30.5 Å². The van der Waals surface area contributed by atoms with Crippen molar-refractivity contribution in [1.82, 2.24) is 30.0 Å². The number of nitrogens with two attached hydrogens (primary N) is 2. The number of benzene rings is 1. The predicted molar refractivity (Wildman–Crippen MR) is 70.2 cm³/mol. The molecule has 2 aromatic heterocycles. The molecule has 3 aromatic rings. The standard InChI is InChI=1S/C11H12N8/c1-18-5-4-10(15-18)19-11(14-16-17-19)8-3-2-7(12)6-9(8)13/h2-6H,12-13H2,1H3. The van der Waals surface area contributed by atoms with Crippen LogP contribution in [0.4, 0.5) is 11.4 Å². The molecule has 96 valence electrons. The van der Waals surface area contributed by atoms with Gasteiger partial charge in [-0.2, -0.15) is 9.78 Å². The summed E-state index contributed by atoms with van der Waals surface area (Å²) >= 11 is 0. The van der Waals surface area contributed by atoms with Gasteiger partial charge in [0.05, 0.1) is 0 Å². The second-order valence-electron chi connectivity index (χ2n) is 4.11. The van der Waals surface area contributed by atoms with Crippen molar-refractivity contribution in [2.75, 3.05) is 11.5 Å². The fourth-order valence-corrected chi connectivity index (χ4v) is 1.81. The Morgan fingerprint density at radius 1 is 1.16 bits per heavy atom. The summed E-state index contributed by atoms with van der Waals surface area (Å²) in [5, 5.41) is 15.9. The van der Waals surface area contributed by atoms with Gasteiger partial charge in [-0.15, -0.1) is 5.10 Å². The Morgan fingerprint density at radius 2 is 2.00 bits per heavy atom. The molecular weight excluding hydrogens is 244 g/mol. The Balaban J connectivity index is 2.14. The molecule has 0 unspecified atom stereocenters. The second-order valence-corrected chi connectivity index (χ2v) is 4.11. The van der Waals surface area contributed by atoms with Crippen LogP contribution >= 0.6 is 0 Å². The molecule has 0 saturated heterocycles.